The van der Waals surface area contributed by atoms with Crippen molar-refractivity contribution in [2.75, 3.05) is 17.7 Å². The number of aromatic nitrogens is 2. The van der Waals surface area contributed by atoms with Crippen molar-refractivity contribution >= 4 is 32.2 Å². The average molecular weight is 355 g/mol. The SMILES string of the molecule is CCOCc1nnc(NC(=O)CCS(=O)(=O)c2ccccc2)s1. The number of amides is 1. The highest BCUT2D eigenvalue weighted by Crippen LogP contribution is 2.17. The van der Waals surface area contributed by atoms with Gasteiger partial charge in [-0.3, -0.25) is 4.79 Å². The fraction of sp³-hybridized carbons (Fsp3) is 0.357. The molecule has 124 valence electrons. The van der Waals surface area contributed by atoms with E-state index in [2.05, 4.69) is 15.5 Å². The van der Waals surface area contributed by atoms with Gasteiger partial charge >= 0.3 is 0 Å². The predicted molar refractivity (Wildman–Crippen MR) is 87.0 cm³/mol. The number of benzene rings is 1. The first-order chi connectivity index (χ1) is 11.0. The van der Waals surface area contributed by atoms with Gasteiger partial charge in [0.15, 0.2) is 9.84 Å². The lowest BCUT2D eigenvalue weighted by molar-refractivity contribution is -0.115. The quantitative estimate of drug-likeness (QED) is 0.776. The third-order valence-electron chi connectivity index (χ3n) is 2.84. The highest BCUT2D eigenvalue weighted by atomic mass is 32.2. The number of nitrogens with one attached hydrogen (secondary N) is 1. The van der Waals surface area contributed by atoms with Crippen molar-refractivity contribution in [1.82, 2.24) is 10.2 Å². The van der Waals surface area contributed by atoms with Gasteiger partial charge in [0.1, 0.15) is 11.6 Å². The molecule has 0 radical (unpaired) electrons. The maximum atomic E-state index is 12.1. The Kier molecular flexibility index (Phi) is 6.20. The van der Waals surface area contributed by atoms with Crippen molar-refractivity contribution in [3.8, 4) is 0 Å². The van der Waals surface area contributed by atoms with Crippen LogP contribution in [0.2, 0.25) is 0 Å². The summed E-state index contributed by atoms with van der Waals surface area (Å²) >= 11 is 1.20. The Morgan fingerprint density at radius 1 is 1.26 bits per heavy atom. The summed E-state index contributed by atoms with van der Waals surface area (Å²) in [4.78, 5) is 12.1. The summed E-state index contributed by atoms with van der Waals surface area (Å²) in [6.45, 7) is 2.78. The van der Waals surface area contributed by atoms with E-state index in [4.69, 9.17) is 4.74 Å². The van der Waals surface area contributed by atoms with Crippen molar-refractivity contribution in [3.05, 3.63) is 35.3 Å². The summed E-state index contributed by atoms with van der Waals surface area (Å²) in [5, 5.41) is 11.2. The van der Waals surface area contributed by atoms with Crippen LogP contribution in [0.25, 0.3) is 0 Å². The van der Waals surface area contributed by atoms with Crippen LogP contribution < -0.4 is 5.32 Å². The van der Waals surface area contributed by atoms with E-state index in [1.165, 1.54) is 23.5 Å². The summed E-state index contributed by atoms with van der Waals surface area (Å²) < 4.78 is 29.4. The van der Waals surface area contributed by atoms with Crippen molar-refractivity contribution in [2.45, 2.75) is 24.8 Å². The molecule has 0 aliphatic carbocycles. The van der Waals surface area contributed by atoms with Crippen LogP contribution >= 0.6 is 11.3 Å². The maximum Gasteiger partial charge on any atom is 0.227 e. The van der Waals surface area contributed by atoms with Gasteiger partial charge in [0.25, 0.3) is 0 Å². The molecule has 23 heavy (non-hydrogen) atoms. The molecule has 0 aliphatic rings. The first kappa shape index (κ1) is 17.5. The Morgan fingerprint density at radius 3 is 2.70 bits per heavy atom. The zero-order valence-electron chi connectivity index (χ0n) is 12.6. The van der Waals surface area contributed by atoms with E-state index in [-0.39, 0.29) is 17.1 Å². The fourth-order valence-electron chi connectivity index (χ4n) is 1.71. The molecule has 2 aromatic rings. The molecule has 0 atom stereocenters. The lowest BCUT2D eigenvalue weighted by Crippen LogP contribution is -2.17. The molecule has 0 aliphatic heterocycles. The third kappa shape index (κ3) is 5.38. The molecule has 0 unspecified atom stereocenters. The van der Waals surface area contributed by atoms with E-state index in [1.54, 1.807) is 18.2 Å². The number of ether oxygens (including phenoxy) is 1. The number of nitrogens with zero attached hydrogens (tertiary/aromatic N) is 2. The summed E-state index contributed by atoms with van der Waals surface area (Å²) in [6, 6.07) is 8.05. The van der Waals surface area contributed by atoms with Gasteiger partial charge in [-0.05, 0) is 19.1 Å². The van der Waals surface area contributed by atoms with Gasteiger partial charge in [-0.2, -0.15) is 0 Å². The number of carbonyl (C=O) groups is 1. The van der Waals surface area contributed by atoms with E-state index >= 15 is 0 Å². The Hall–Kier alpha value is -1.84. The van der Waals surface area contributed by atoms with Crippen LogP contribution in [0.4, 0.5) is 5.13 Å². The summed E-state index contributed by atoms with van der Waals surface area (Å²) in [5.41, 5.74) is 0. The van der Waals surface area contributed by atoms with Crippen LogP contribution in [-0.2, 0) is 26.0 Å². The van der Waals surface area contributed by atoms with Gasteiger partial charge in [0.05, 0.1) is 10.6 Å². The largest absolute Gasteiger partial charge is 0.374 e. The summed E-state index contributed by atoms with van der Waals surface area (Å²) in [7, 11) is -3.47. The molecular weight excluding hydrogens is 338 g/mol. The molecule has 7 nitrogen and oxygen atoms in total. The molecule has 1 aromatic heterocycles. The number of anilines is 1. The van der Waals surface area contributed by atoms with Crippen molar-refractivity contribution in [1.29, 1.82) is 0 Å². The van der Waals surface area contributed by atoms with Gasteiger partial charge in [0.2, 0.25) is 11.0 Å². The van der Waals surface area contributed by atoms with E-state index in [1.807, 2.05) is 6.92 Å². The number of carbonyl (C=O) groups excluding carboxylic acids is 1. The van der Waals surface area contributed by atoms with Crippen molar-refractivity contribution in [2.24, 2.45) is 0 Å². The second-order valence-corrected chi connectivity index (χ2v) is 7.74. The van der Waals surface area contributed by atoms with Gasteiger partial charge in [-0.15, -0.1) is 10.2 Å². The molecule has 0 saturated heterocycles. The Bertz CT molecular complexity index is 744. The van der Waals surface area contributed by atoms with E-state index in [0.717, 1.165) is 0 Å². The minimum Gasteiger partial charge on any atom is -0.374 e. The monoisotopic (exact) mass is 355 g/mol. The number of hydrogen-bond donors (Lipinski definition) is 1. The van der Waals surface area contributed by atoms with Crippen LogP contribution in [0.5, 0.6) is 0 Å². The molecule has 1 heterocycles. The molecular formula is C14H17N3O4S2. The van der Waals surface area contributed by atoms with Gasteiger partial charge < -0.3 is 10.1 Å². The maximum absolute atomic E-state index is 12.1. The van der Waals surface area contributed by atoms with Gasteiger partial charge in [-0.25, -0.2) is 8.42 Å². The summed E-state index contributed by atoms with van der Waals surface area (Å²) in [5.74, 6) is -0.670. The Morgan fingerprint density at radius 2 is 2.00 bits per heavy atom. The molecule has 0 spiro atoms. The number of sulfone groups is 1. The number of rotatable bonds is 8. The van der Waals surface area contributed by atoms with Crippen LogP contribution in [0.15, 0.2) is 35.2 Å². The molecule has 9 heteroatoms. The van der Waals surface area contributed by atoms with E-state index in [0.29, 0.717) is 23.4 Å². The van der Waals surface area contributed by atoms with Crippen molar-refractivity contribution in [3.63, 3.8) is 0 Å². The highest BCUT2D eigenvalue weighted by molar-refractivity contribution is 7.91. The minimum absolute atomic E-state index is 0.141. The topological polar surface area (TPSA) is 98.2 Å². The Labute approximate surface area is 138 Å². The van der Waals surface area contributed by atoms with Crippen LogP contribution in [0.1, 0.15) is 18.4 Å². The van der Waals surface area contributed by atoms with E-state index < -0.39 is 15.7 Å². The molecule has 1 N–H and O–H groups in total. The van der Waals surface area contributed by atoms with Crippen molar-refractivity contribution < 1.29 is 17.9 Å². The first-order valence-electron chi connectivity index (χ1n) is 6.99. The molecule has 1 aromatic carbocycles. The predicted octanol–water partition coefficient (Wildman–Crippen LogP) is 1.88. The lowest BCUT2D eigenvalue weighted by Gasteiger charge is -2.04. The Balaban J connectivity index is 1.86. The lowest BCUT2D eigenvalue weighted by atomic mass is 10.4. The standard InChI is InChI=1S/C14H17N3O4S2/c1-2-21-10-13-16-17-14(22-13)15-12(18)8-9-23(19,20)11-6-4-3-5-7-11/h3-7H,2,8-10H2,1H3,(H,15,17,18). The second kappa shape index (κ2) is 8.14. The van der Waals surface area contributed by atoms with Gasteiger partial charge in [0, 0.05) is 13.0 Å². The fourth-order valence-corrected chi connectivity index (χ4v) is 3.66. The second-order valence-electron chi connectivity index (χ2n) is 4.57. The smallest absolute Gasteiger partial charge is 0.227 e. The average Bonchev–Trinajstić information content (AvgIpc) is 2.99. The molecule has 0 fully saturated rings. The molecule has 0 saturated carbocycles. The third-order valence-corrected chi connectivity index (χ3v) is 5.39. The molecule has 0 bridgehead atoms. The number of hydrogen-bond acceptors (Lipinski definition) is 7. The van der Waals surface area contributed by atoms with Crippen LogP contribution in [-0.4, -0.2) is 36.9 Å². The first-order valence-corrected chi connectivity index (χ1v) is 9.46. The van der Waals surface area contributed by atoms with E-state index in [9.17, 15) is 13.2 Å². The zero-order chi connectivity index (χ0) is 16.7. The molecule has 2 rings (SSSR count). The zero-order valence-corrected chi connectivity index (χ0v) is 14.2. The summed E-state index contributed by atoms with van der Waals surface area (Å²) in [6.07, 6.45) is -0.141. The van der Waals surface area contributed by atoms with Crippen LogP contribution in [0, 0.1) is 0 Å². The highest BCUT2D eigenvalue weighted by Gasteiger charge is 2.17. The van der Waals surface area contributed by atoms with Crippen LogP contribution in [0.3, 0.4) is 0 Å². The molecule has 1 amide bonds. The minimum atomic E-state index is -3.47. The van der Waals surface area contributed by atoms with Gasteiger partial charge in [-0.1, -0.05) is 29.5 Å². The normalized spacial score (nSPS) is 11.3.